The maximum atomic E-state index is 11.7. The molecule has 0 amide bonds. The number of pyridine rings is 1. The van der Waals surface area contributed by atoms with E-state index in [-0.39, 0.29) is 6.61 Å². The lowest BCUT2D eigenvalue weighted by atomic mass is 10.2. The van der Waals surface area contributed by atoms with Crippen molar-refractivity contribution in [3.63, 3.8) is 0 Å². The Morgan fingerprint density at radius 2 is 2.12 bits per heavy atom. The molecular formula is C10H13BrN2O4. The molecule has 0 spiro atoms. The van der Waals surface area contributed by atoms with Gasteiger partial charge in [-0.2, -0.15) is 0 Å². The van der Waals surface area contributed by atoms with Crippen LogP contribution in [0.4, 0.5) is 5.69 Å². The SMILES string of the molecule is O=c1c([N+](=O)[O-])cc(Br)cn1CCCCCO. The second-order valence-corrected chi connectivity index (χ2v) is 4.50. The van der Waals surface area contributed by atoms with Crippen LogP contribution < -0.4 is 5.56 Å². The van der Waals surface area contributed by atoms with Crippen LogP contribution in [-0.4, -0.2) is 21.2 Å². The quantitative estimate of drug-likeness (QED) is 0.492. The van der Waals surface area contributed by atoms with Crippen molar-refractivity contribution in [3.05, 3.63) is 37.2 Å². The Bertz CT molecular complexity index is 458. The van der Waals surface area contributed by atoms with Crippen LogP contribution in [0.25, 0.3) is 0 Å². The molecule has 1 rings (SSSR count). The van der Waals surface area contributed by atoms with Crippen molar-refractivity contribution in [2.75, 3.05) is 6.61 Å². The van der Waals surface area contributed by atoms with Crippen LogP contribution in [0, 0.1) is 10.1 Å². The summed E-state index contributed by atoms with van der Waals surface area (Å²) in [5, 5.41) is 19.3. The zero-order valence-corrected chi connectivity index (χ0v) is 10.7. The van der Waals surface area contributed by atoms with E-state index in [1.54, 1.807) is 0 Å². The highest BCUT2D eigenvalue weighted by Gasteiger charge is 2.15. The van der Waals surface area contributed by atoms with Gasteiger partial charge in [-0.05, 0) is 35.2 Å². The van der Waals surface area contributed by atoms with Crippen LogP contribution >= 0.6 is 15.9 Å². The molecule has 0 aliphatic rings. The molecule has 0 radical (unpaired) electrons. The van der Waals surface area contributed by atoms with E-state index in [4.69, 9.17) is 5.11 Å². The normalized spacial score (nSPS) is 10.5. The van der Waals surface area contributed by atoms with Gasteiger partial charge in [0.25, 0.3) is 0 Å². The Hall–Kier alpha value is -1.21. The molecule has 0 saturated heterocycles. The van der Waals surface area contributed by atoms with Gasteiger partial charge in [-0.15, -0.1) is 0 Å². The first-order valence-electron chi connectivity index (χ1n) is 5.21. The van der Waals surface area contributed by atoms with E-state index in [1.807, 2.05) is 0 Å². The number of nitro groups is 1. The van der Waals surface area contributed by atoms with Crippen molar-refractivity contribution in [2.24, 2.45) is 0 Å². The molecule has 1 aromatic heterocycles. The van der Waals surface area contributed by atoms with Crippen molar-refractivity contribution in [2.45, 2.75) is 25.8 Å². The van der Waals surface area contributed by atoms with Gasteiger partial charge in [0.1, 0.15) is 0 Å². The van der Waals surface area contributed by atoms with Gasteiger partial charge in [-0.1, -0.05) is 0 Å². The zero-order valence-electron chi connectivity index (χ0n) is 9.13. The van der Waals surface area contributed by atoms with Crippen LogP contribution in [0.3, 0.4) is 0 Å². The smallest absolute Gasteiger partial charge is 0.335 e. The summed E-state index contributed by atoms with van der Waals surface area (Å²) in [6.07, 6.45) is 3.69. The summed E-state index contributed by atoms with van der Waals surface area (Å²) < 4.78 is 1.82. The summed E-state index contributed by atoms with van der Waals surface area (Å²) in [5.41, 5.74) is -1.02. The number of aliphatic hydroxyl groups is 1. The molecule has 0 unspecified atom stereocenters. The Kier molecular flexibility index (Phi) is 5.30. The Balaban J connectivity index is 2.85. The first kappa shape index (κ1) is 13.9. The summed E-state index contributed by atoms with van der Waals surface area (Å²) in [5.74, 6) is 0. The molecule has 1 aromatic rings. The lowest BCUT2D eigenvalue weighted by Crippen LogP contribution is -2.22. The van der Waals surface area contributed by atoms with Crippen molar-refractivity contribution in [1.29, 1.82) is 0 Å². The number of aromatic nitrogens is 1. The van der Waals surface area contributed by atoms with Gasteiger partial charge < -0.3 is 9.67 Å². The average molecular weight is 305 g/mol. The third-order valence-corrected chi connectivity index (χ3v) is 2.72. The van der Waals surface area contributed by atoms with Crippen molar-refractivity contribution in [1.82, 2.24) is 4.57 Å². The van der Waals surface area contributed by atoms with Gasteiger partial charge in [0.05, 0.1) is 4.92 Å². The molecule has 1 heterocycles. The summed E-state index contributed by atoms with van der Waals surface area (Å²) in [6.45, 7) is 0.534. The monoisotopic (exact) mass is 304 g/mol. The van der Waals surface area contributed by atoms with Crippen LogP contribution in [0.2, 0.25) is 0 Å². The second kappa shape index (κ2) is 6.51. The number of rotatable bonds is 6. The molecule has 94 valence electrons. The maximum Gasteiger partial charge on any atom is 0.335 e. The van der Waals surface area contributed by atoms with E-state index in [9.17, 15) is 14.9 Å². The number of aryl methyl sites for hydroxylation is 1. The predicted molar refractivity (Wildman–Crippen MR) is 66.0 cm³/mol. The molecule has 17 heavy (non-hydrogen) atoms. The van der Waals surface area contributed by atoms with Gasteiger partial charge in [0.15, 0.2) is 0 Å². The number of unbranched alkanes of at least 4 members (excludes halogenated alkanes) is 2. The van der Waals surface area contributed by atoms with Crippen LogP contribution in [-0.2, 0) is 6.54 Å². The van der Waals surface area contributed by atoms with Gasteiger partial charge in [-0.3, -0.25) is 14.9 Å². The molecule has 0 aliphatic heterocycles. The fourth-order valence-electron chi connectivity index (χ4n) is 1.45. The molecule has 1 N–H and O–H groups in total. The number of halogens is 1. The van der Waals surface area contributed by atoms with Crippen molar-refractivity contribution < 1.29 is 10.0 Å². The molecule has 0 saturated carbocycles. The van der Waals surface area contributed by atoms with Crippen LogP contribution in [0.5, 0.6) is 0 Å². The van der Waals surface area contributed by atoms with Crippen LogP contribution in [0.1, 0.15) is 19.3 Å². The van der Waals surface area contributed by atoms with E-state index < -0.39 is 16.2 Å². The minimum absolute atomic E-state index is 0.119. The molecule has 0 aliphatic carbocycles. The van der Waals surface area contributed by atoms with Crippen molar-refractivity contribution in [3.8, 4) is 0 Å². The minimum Gasteiger partial charge on any atom is -0.396 e. The Morgan fingerprint density at radius 3 is 2.71 bits per heavy atom. The topological polar surface area (TPSA) is 85.4 Å². The fraction of sp³-hybridized carbons (Fsp3) is 0.500. The molecule has 6 nitrogen and oxygen atoms in total. The minimum atomic E-state index is -0.683. The third-order valence-electron chi connectivity index (χ3n) is 2.29. The van der Waals surface area contributed by atoms with Gasteiger partial charge >= 0.3 is 11.2 Å². The fourth-order valence-corrected chi connectivity index (χ4v) is 1.92. The molecule has 7 heteroatoms. The van der Waals surface area contributed by atoms with Gasteiger partial charge in [0.2, 0.25) is 0 Å². The lowest BCUT2D eigenvalue weighted by molar-refractivity contribution is -0.386. The van der Waals surface area contributed by atoms with E-state index in [1.165, 1.54) is 16.8 Å². The van der Waals surface area contributed by atoms with Crippen LogP contribution in [0.15, 0.2) is 21.5 Å². The highest BCUT2D eigenvalue weighted by atomic mass is 79.9. The largest absolute Gasteiger partial charge is 0.396 e. The maximum absolute atomic E-state index is 11.7. The van der Waals surface area contributed by atoms with E-state index in [2.05, 4.69) is 15.9 Å². The number of aliphatic hydroxyl groups excluding tert-OH is 1. The number of nitrogens with zero attached hydrogens (tertiary/aromatic N) is 2. The highest BCUT2D eigenvalue weighted by Crippen LogP contribution is 2.14. The standard InChI is InChI=1S/C10H13BrN2O4/c11-8-6-9(13(16)17)10(15)12(7-8)4-2-1-3-5-14/h6-7,14H,1-5H2. The zero-order chi connectivity index (χ0) is 12.8. The van der Waals surface area contributed by atoms with Gasteiger partial charge in [-0.25, -0.2) is 0 Å². The molecule has 0 fully saturated rings. The Morgan fingerprint density at radius 1 is 1.41 bits per heavy atom. The summed E-state index contributed by atoms with van der Waals surface area (Å²) >= 11 is 3.13. The molecular weight excluding hydrogens is 292 g/mol. The van der Waals surface area contributed by atoms with E-state index in [0.29, 0.717) is 23.9 Å². The Labute approximate surface area is 106 Å². The van der Waals surface area contributed by atoms with Crippen molar-refractivity contribution >= 4 is 21.6 Å². The van der Waals surface area contributed by atoms with E-state index in [0.717, 1.165) is 6.42 Å². The summed E-state index contributed by atoms with van der Waals surface area (Å²) in [4.78, 5) is 21.6. The predicted octanol–water partition coefficient (Wildman–Crippen LogP) is 1.68. The summed E-state index contributed by atoms with van der Waals surface area (Å²) in [6, 6.07) is 1.20. The summed E-state index contributed by atoms with van der Waals surface area (Å²) in [7, 11) is 0. The average Bonchev–Trinajstić information content (AvgIpc) is 2.28. The third kappa shape index (κ3) is 3.94. The second-order valence-electron chi connectivity index (χ2n) is 3.58. The molecule has 0 bridgehead atoms. The van der Waals surface area contributed by atoms with Gasteiger partial charge in [0, 0.05) is 29.9 Å². The first-order chi connectivity index (χ1) is 8.06. The molecule has 0 atom stereocenters. The first-order valence-corrected chi connectivity index (χ1v) is 6.01. The number of hydrogen-bond donors (Lipinski definition) is 1. The molecule has 0 aromatic carbocycles. The lowest BCUT2D eigenvalue weighted by Gasteiger charge is -2.05. The van der Waals surface area contributed by atoms with E-state index >= 15 is 0 Å². The number of hydrogen-bond acceptors (Lipinski definition) is 4. The highest BCUT2D eigenvalue weighted by molar-refractivity contribution is 9.10.